The molecule has 0 spiro atoms. The number of rotatable bonds is 6. The minimum atomic E-state index is -1.13. The fourth-order valence-corrected chi connectivity index (χ4v) is 3.47. The lowest BCUT2D eigenvalue weighted by Crippen LogP contribution is -2.26. The van der Waals surface area contributed by atoms with E-state index in [2.05, 4.69) is 23.0 Å². The molecule has 7 heteroatoms. The summed E-state index contributed by atoms with van der Waals surface area (Å²) in [7, 11) is 1.60. The number of hydrogen-bond acceptors (Lipinski definition) is 6. The maximum atomic E-state index is 11.6. The number of carboxylic acid groups (broad SMARTS) is 1. The van der Waals surface area contributed by atoms with Crippen molar-refractivity contribution < 1.29 is 19.4 Å². The van der Waals surface area contributed by atoms with Gasteiger partial charge in [0.1, 0.15) is 17.9 Å². The number of ether oxygens (including phenoxy) is 2. The Labute approximate surface area is 168 Å². The van der Waals surface area contributed by atoms with E-state index < -0.39 is 5.97 Å². The quantitative estimate of drug-likeness (QED) is 0.683. The standard InChI is InChI=1S/C22H21N3O4/c1-14-11-16-5-3-4-6-19(16)25(14)22-23-12-18(21(26)27)20(24-22)29-13-15-7-9-17(28-2)10-8-15/h3-10,12,14H,11,13H2,1-2H3,(H,26,27). The van der Waals surface area contributed by atoms with Gasteiger partial charge in [-0.15, -0.1) is 0 Å². The van der Waals surface area contributed by atoms with Crippen LogP contribution in [0.1, 0.15) is 28.4 Å². The summed E-state index contributed by atoms with van der Waals surface area (Å²) in [6.45, 7) is 2.28. The molecule has 29 heavy (non-hydrogen) atoms. The van der Waals surface area contributed by atoms with Crippen LogP contribution in [0.4, 0.5) is 11.6 Å². The van der Waals surface area contributed by atoms with Crippen molar-refractivity contribution in [2.75, 3.05) is 12.0 Å². The molecule has 0 amide bonds. The highest BCUT2D eigenvalue weighted by molar-refractivity contribution is 5.90. The number of nitrogens with zero attached hydrogens (tertiary/aromatic N) is 3. The zero-order valence-electron chi connectivity index (χ0n) is 16.2. The third kappa shape index (κ3) is 3.71. The molecule has 0 radical (unpaired) electrons. The van der Waals surface area contributed by atoms with Gasteiger partial charge in [-0.25, -0.2) is 9.78 Å². The van der Waals surface area contributed by atoms with Crippen molar-refractivity contribution in [1.29, 1.82) is 0 Å². The largest absolute Gasteiger partial charge is 0.497 e. The summed E-state index contributed by atoms with van der Waals surface area (Å²) < 4.78 is 10.9. The number of para-hydroxylation sites is 1. The third-order valence-electron chi connectivity index (χ3n) is 4.93. The summed E-state index contributed by atoms with van der Waals surface area (Å²) in [5.74, 6) is 0.0919. The molecule has 0 saturated heterocycles. The summed E-state index contributed by atoms with van der Waals surface area (Å²) in [6.07, 6.45) is 2.18. The number of methoxy groups -OCH3 is 1. The second kappa shape index (κ2) is 7.79. The van der Waals surface area contributed by atoms with Crippen LogP contribution in [0.3, 0.4) is 0 Å². The maximum Gasteiger partial charge on any atom is 0.342 e. The maximum absolute atomic E-state index is 11.6. The SMILES string of the molecule is COc1ccc(COc2nc(N3c4ccccc4CC3C)ncc2C(=O)O)cc1. The molecule has 3 aromatic rings. The van der Waals surface area contributed by atoms with Gasteiger partial charge in [-0.05, 0) is 42.7 Å². The van der Waals surface area contributed by atoms with E-state index in [4.69, 9.17) is 9.47 Å². The van der Waals surface area contributed by atoms with Crippen LogP contribution in [0.5, 0.6) is 11.6 Å². The van der Waals surface area contributed by atoms with Gasteiger partial charge in [-0.2, -0.15) is 4.98 Å². The van der Waals surface area contributed by atoms with Gasteiger partial charge < -0.3 is 19.5 Å². The average molecular weight is 391 g/mol. The van der Waals surface area contributed by atoms with Crippen molar-refractivity contribution in [2.45, 2.75) is 26.0 Å². The lowest BCUT2D eigenvalue weighted by Gasteiger charge is -2.23. The molecule has 1 aromatic heterocycles. The van der Waals surface area contributed by atoms with Crippen molar-refractivity contribution in [3.05, 3.63) is 71.4 Å². The minimum Gasteiger partial charge on any atom is -0.497 e. The second-order valence-corrected chi connectivity index (χ2v) is 6.88. The summed E-state index contributed by atoms with van der Waals surface area (Å²) in [5.41, 5.74) is 3.06. The number of fused-ring (bicyclic) bond motifs is 1. The normalized spacial score (nSPS) is 15.1. The highest BCUT2D eigenvalue weighted by Crippen LogP contribution is 2.37. The van der Waals surface area contributed by atoms with E-state index >= 15 is 0 Å². The predicted octanol–water partition coefficient (Wildman–Crippen LogP) is 3.85. The number of carboxylic acids is 1. The van der Waals surface area contributed by atoms with Crippen LogP contribution in [0.25, 0.3) is 0 Å². The van der Waals surface area contributed by atoms with Crippen LogP contribution in [0.2, 0.25) is 0 Å². The van der Waals surface area contributed by atoms with Crippen LogP contribution in [-0.2, 0) is 13.0 Å². The van der Waals surface area contributed by atoms with Gasteiger partial charge in [0.25, 0.3) is 0 Å². The first-order valence-electron chi connectivity index (χ1n) is 9.30. The Morgan fingerprint density at radius 2 is 1.97 bits per heavy atom. The van der Waals surface area contributed by atoms with E-state index in [1.54, 1.807) is 7.11 Å². The molecule has 0 saturated carbocycles. The molecule has 1 N–H and O–H groups in total. The molecule has 1 atom stereocenters. The Kier molecular flexibility index (Phi) is 5.03. The van der Waals surface area contributed by atoms with Gasteiger partial charge >= 0.3 is 5.97 Å². The molecule has 7 nitrogen and oxygen atoms in total. The van der Waals surface area contributed by atoms with Crippen LogP contribution < -0.4 is 14.4 Å². The molecular formula is C22H21N3O4. The number of aromatic carboxylic acids is 1. The predicted molar refractivity (Wildman–Crippen MR) is 108 cm³/mol. The molecule has 1 aliphatic rings. The molecule has 0 fully saturated rings. The fourth-order valence-electron chi connectivity index (χ4n) is 3.47. The lowest BCUT2D eigenvalue weighted by atomic mass is 10.1. The van der Waals surface area contributed by atoms with Crippen molar-refractivity contribution in [1.82, 2.24) is 9.97 Å². The van der Waals surface area contributed by atoms with E-state index in [-0.39, 0.29) is 24.1 Å². The molecule has 2 aromatic carbocycles. The Bertz CT molecular complexity index is 1040. The van der Waals surface area contributed by atoms with Crippen LogP contribution >= 0.6 is 0 Å². The highest BCUT2D eigenvalue weighted by atomic mass is 16.5. The third-order valence-corrected chi connectivity index (χ3v) is 4.93. The summed E-state index contributed by atoms with van der Waals surface area (Å²) in [6, 6.07) is 15.6. The van der Waals surface area contributed by atoms with Gasteiger partial charge in [-0.1, -0.05) is 30.3 Å². The molecular weight excluding hydrogens is 370 g/mol. The molecule has 0 bridgehead atoms. The Morgan fingerprint density at radius 1 is 1.21 bits per heavy atom. The monoisotopic (exact) mass is 391 g/mol. The van der Waals surface area contributed by atoms with Crippen molar-refractivity contribution in [3.63, 3.8) is 0 Å². The smallest absolute Gasteiger partial charge is 0.342 e. The highest BCUT2D eigenvalue weighted by Gasteiger charge is 2.30. The molecule has 1 aliphatic heterocycles. The second-order valence-electron chi connectivity index (χ2n) is 6.88. The van der Waals surface area contributed by atoms with Crippen LogP contribution in [0, 0.1) is 0 Å². The zero-order valence-corrected chi connectivity index (χ0v) is 16.2. The number of carbonyl (C=O) groups is 1. The fraction of sp³-hybridized carbons (Fsp3) is 0.227. The van der Waals surface area contributed by atoms with Crippen LogP contribution in [0.15, 0.2) is 54.7 Å². The van der Waals surface area contributed by atoms with Gasteiger partial charge in [0.2, 0.25) is 11.8 Å². The number of hydrogen-bond donors (Lipinski definition) is 1. The van der Waals surface area contributed by atoms with Gasteiger partial charge in [0.15, 0.2) is 0 Å². The van der Waals surface area contributed by atoms with Crippen molar-refractivity contribution >= 4 is 17.6 Å². The molecule has 2 heterocycles. The minimum absolute atomic E-state index is 0.0508. The van der Waals surface area contributed by atoms with Crippen molar-refractivity contribution in [3.8, 4) is 11.6 Å². The summed E-state index contributed by atoms with van der Waals surface area (Å²) in [4.78, 5) is 22.4. The molecule has 1 unspecified atom stereocenters. The average Bonchev–Trinajstić information content (AvgIpc) is 3.08. The van der Waals surface area contributed by atoms with Gasteiger partial charge in [0, 0.05) is 11.7 Å². The molecule has 148 valence electrons. The van der Waals surface area contributed by atoms with E-state index in [9.17, 15) is 9.90 Å². The van der Waals surface area contributed by atoms with E-state index in [1.165, 1.54) is 11.8 Å². The Morgan fingerprint density at radius 3 is 2.69 bits per heavy atom. The molecule has 0 aliphatic carbocycles. The summed E-state index contributed by atoms with van der Waals surface area (Å²) in [5, 5.41) is 9.51. The lowest BCUT2D eigenvalue weighted by molar-refractivity contribution is 0.0690. The van der Waals surface area contributed by atoms with Gasteiger partial charge in [0.05, 0.1) is 13.3 Å². The van der Waals surface area contributed by atoms with E-state index in [0.29, 0.717) is 5.95 Å². The topological polar surface area (TPSA) is 84.8 Å². The van der Waals surface area contributed by atoms with E-state index in [0.717, 1.165) is 23.4 Å². The summed E-state index contributed by atoms with van der Waals surface area (Å²) >= 11 is 0. The first kappa shape index (κ1) is 18.7. The van der Waals surface area contributed by atoms with Crippen molar-refractivity contribution in [2.24, 2.45) is 0 Å². The zero-order chi connectivity index (χ0) is 20.4. The van der Waals surface area contributed by atoms with Gasteiger partial charge in [-0.3, -0.25) is 0 Å². The Hall–Kier alpha value is -3.61. The number of aromatic nitrogens is 2. The molecule has 4 rings (SSSR count). The Balaban J connectivity index is 1.63. The van der Waals surface area contributed by atoms with E-state index in [1.807, 2.05) is 47.4 Å². The number of benzene rings is 2. The number of anilines is 2. The first-order valence-corrected chi connectivity index (χ1v) is 9.30. The van der Waals surface area contributed by atoms with Crippen LogP contribution in [-0.4, -0.2) is 34.2 Å². The first-order chi connectivity index (χ1) is 14.1.